The summed E-state index contributed by atoms with van der Waals surface area (Å²) in [6.45, 7) is 5.74. The Kier molecular flexibility index (Phi) is 6.00. The predicted octanol–water partition coefficient (Wildman–Crippen LogP) is 3.40. The summed E-state index contributed by atoms with van der Waals surface area (Å²) in [5.41, 5.74) is 0. The molecule has 4 rings (SSSR count). The van der Waals surface area contributed by atoms with Gasteiger partial charge in [-0.3, -0.25) is 0 Å². The molecule has 0 radical (unpaired) electrons. The van der Waals surface area contributed by atoms with E-state index >= 15 is 0 Å². The van der Waals surface area contributed by atoms with E-state index in [0.29, 0.717) is 12.0 Å². The largest absolute Gasteiger partial charge is 0.401 e. The summed E-state index contributed by atoms with van der Waals surface area (Å²) in [6, 6.07) is 33.3. The molecule has 0 amide bonds. The van der Waals surface area contributed by atoms with Crippen LogP contribution in [0.2, 0.25) is 0 Å². The van der Waals surface area contributed by atoms with Crippen molar-refractivity contribution < 1.29 is 4.43 Å². The summed E-state index contributed by atoms with van der Waals surface area (Å²) in [7, 11) is -0.393. The molecule has 1 fully saturated rings. The van der Waals surface area contributed by atoms with Crippen molar-refractivity contribution in [3.8, 4) is 0 Å². The SMILES string of the molecule is CC1CN(C)C(C)CC1O[Si](c1ccccc1)(c1ccccc1)c1ccccc1. The Balaban J connectivity index is 1.89. The minimum atomic E-state index is -2.62. The van der Waals surface area contributed by atoms with Crippen LogP contribution in [0.1, 0.15) is 20.3 Å². The van der Waals surface area contributed by atoms with Gasteiger partial charge >= 0.3 is 0 Å². The Bertz CT molecular complexity index is 803. The number of piperidine rings is 1. The lowest BCUT2D eigenvalue weighted by Gasteiger charge is -2.44. The van der Waals surface area contributed by atoms with Gasteiger partial charge in [0, 0.05) is 12.6 Å². The molecular formula is C26H31NOSi. The number of likely N-dealkylation sites (tertiary alicyclic amines) is 1. The summed E-state index contributed by atoms with van der Waals surface area (Å²) in [4.78, 5) is 2.46. The molecule has 0 aromatic heterocycles. The molecule has 0 spiro atoms. The summed E-state index contributed by atoms with van der Waals surface area (Å²) in [5.74, 6) is 0.499. The number of hydrogen-bond donors (Lipinski definition) is 0. The van der Waals surface area contributed by atoms with E-state index in [4.69, 9.17) is 4.43 Å². The van der Waals surface area contributed by atoms with Crippen LogP contribution in [0.5, 0.6) is 0 Å². The second kappa shape index (κ2) is 8.66. The van der Waals surface area contributed by atoms with E-state index in [0.717, 1.165) is 13.0 Å². The van der Waals surface area contributed by atoms with Crippen molar-refractivity contribution in [1.82, 2.24) is 4.90 Å². The summed E-state index contributed by atoms with van der Waals surface area (Å²) in [6.07, 6.45) is 1.31. The van der Waals surface area contributed by atoms with Crippen molar-refractivity contribution in [3.05, 3.63) is 91.0 Å². The lowest BCUT2D eigenvalue weighted by molar-refractivity contribution is 0.0322. The first kappa shape index (κ1) is 20.1. The van der Waals surface area contributed by atoms with Gasteiger partial charge in [0.15, 0.2) is 0 Å². The zero-order valence-corrected chi connectivity index (χ0v) is 18.7. The van der Waals surface area contributed by atoms with Crippen molar-refractivity contribution in [2.24, 2.45) is 5.92 Å². The third kappa shape index (κ3) is 3.95. The zero-order valence-electron chi connectivity index (χ0n) is 17.7. The average molecular weight is 402 g/mol. The molecule has 0 bridgehead atoms. The standard InChI is InChI=1S/C26H31NOSi/c1-21-20-27(3)22(2)19-26(21)28-29(23-13-7-4-8-14-23,24-15-9-5-10-16-24)25-17-11-6-12-18-25/h4-18,21-22,26H,19-20H2,1-3H3. The van der Waals surface area contributed by atoms with E-state index in [-0.39, 0.29) is 6.10 Å². The highest BCUT2D eigenvalue weighted by atomic mass is 28.4. The highest BCUT2D eigenvalue weighted by Crippen LogP contribution is 2.26. The molecular weight excluding hydrogens is 370 g/mol. The maximum Gasteiger partial charge on any atom is 0.288 e. The van der Waals surface area contributed by atoms with E-state index in [1.807, 2.05) is 0 Å². The molecule has 150 valence electrons. The fourth-order valence-corrected chi connectivity index (χ4v) is 8.79. The highest BCUT2D eigenvalue weighted by Gasteiger charge is 2.45. The number of hydrogen-bond acceptors (Lipinski definition) is 2. The van der Waals surface area contributed by atoms with Gasteiger partial charge in [0.1, 0.15) is 0 Å². The normalized spacial score (nSPS) is 23.1. The minimum Gasteiger partial charge on any atom is -0.401 e. The van der Waals surface area contributed by atoms with Crippen LogP contribution in [0, 0.1) is 5.92 Å². The van der Waals surface area contributed by atoms with Crippen LogP contribution in [0.4, 0.5) is 0 Å². The lowest BCUT2D eigenvalue weighted by Crippen LogP contribution is -2.71. The van der Waals surface area contributed by atoms with Crippen LogP contribution in [0.3, 0.4) is 0 Å². The fraction of sp³-hybridized carbons (Fsp3) is 0.308. The Morgan fingerprint density at radius 2 is 1.14 bits per heavy atom. The molecule has 2 nitrogen and oxygen atoms in total. The second-order valence-electron chi connectivity index (χ2n) is 8.44. The van der Waals surface area contributed by atoms with Crippen LogP contribution >= 0.6 is 0 Å². The van der Waals surface area contributed by atoms with Gasteiger partial charge in [-0.2, -0.15) is 0 Å². The number of nitrogens with zero attached hydrogens (tertiary/aromatic N) is 1. The molecule has 0 aliphatic carbocycles. The van der Waals surface area contributed by atoms with E-state index in [9.17, 15) is 0 Å². The number of benzene rings is 3. The Morgan fingerprint density at radius 1 is 0.724 bits per heavy atom. The van der Waals surface area contributed by atoms with Crippen LogP contribution in [0.25, 0.3) is 0 Å². The van der Waals surface area contributed by atoms with Crippen molar-refractivity contribution in [1.29, 1.82) is 0 Å². The monoisotopic (exact) mass is 401 g/mol. The summed E-state index contributed by atoms with van der Waals surface area (Å²) >= 11 is 0. The van der Waals surface area contributed by atoms with Gasteiger partial charge in [-0.15, -0.1) is 0 Å². The van der Waals surface area contributed by atoms with Crippen molar-refractivity contribution >= 4 is 23.9 Å². The van der Waals surface area contributed by atoms with Gasteiger partial charge in [-0.25, -0.2) is 0 Å². The van der Waals surface area contributed by atoms with E-state index < -0.39 is 8.32 Å². The Hall–Kier alpha value is -2.20. The summed E-state index contributed by atoms with van der Waals surface area (Å²) in [5, 5.41) is 3.95. The zero-order chi connectivity index (χ0) is 20.3. The molecule has 1 aliphatic rings. The first-order chi connectivity index (χ1) is 14.1. The summed E-state index contributed by atoms with van der Waals surface area (Å²) < 4.78 is 7.38. The van der Waals surface area contributed by atoms with Crippen molar-refractivity contribution in [3.63, 3.8) is 0 Å². The molecule has 1 saturated heterocycles. The first-order valence-electron chi connectivity index (χ1n) is 10.7. The molecule has 0 N–H and O–H groups in total. The number of rotatable bonds is 5. The third-order valence-electron chi connectivity index (χ3n) is 6.41. The van der Waals surface area contributed by atoms with Gasteiger partial charge in [0.05, 0.1) is 6.10 Å². The molecule has 3 unspecified atom stereocenters. The molecule has 3 heteroatoms. The van der Waals surface area contributed by atoms with E-state index in [1.165, 1.54) is 15.6 Å². The fourth-order valence-electron chi connectivity index (χ4n) is 4.61. The first-order valence-corrected chi connectivity index (χ1v) is 12.6. The predicted molar refractivity (Wildman–Crippen MR) is 125 cm³/mol. The molecule has 0 saturated carbocycles. The topological polar surface area (TPSA) is 12.5 Å². The minimum absolute atomic E-state index is 0.244. The lowest BCUT2D eigenvalue weighted by atomic mass is 9.92. The van der Waals surface area contributed by atoms with Crippen LogP contribution < -0.4 is 15.6 Å². The molecule has 29 heavy (non-hydrogen) atoms. The van der Waals surface area contributed by atoms with Gasteiger partial charge < -0.3 is 9.33 Å². The van der Waals surface area contributed by atoms with E-state index in [2.05, 4.69) is 117 Å². The quantitative estimate of drug-likeness (QED) is 0.480. The van der Waals surface area contributed by atoms with Crippen molar-refractivity contribution in [2.75, 3.05) is 13.6 Å². The third-order valence-corrected chi connectivity index (χ3v) is 10.5. The van der Waals surface area contributed by atoms with Crippen LogP contribution in [-0.2, 0) is 4.43 Å². The average Bonchev–Trinajstić information content (AvgIpc) is 2.77. The molecule has 3 aromatic carbocycles. The molecule has 1 heterocycles. The van der Waals surface area contributed by atoms with Gasteiger partial charge in [-0.1, -0.05) is 97.9 Å². The highest BCUT2D eigenvalue weighted by molar-refractivity contribution is 7.07. The molecule has 3 aromatic rings. The van der Waals surface area contributed by atoms with Gasteiger partial charge in [0.2, 0.25) is 0 Å². The maximum absolute atomic E-state index is 7.38. The second-order valence-corrected chi connectivity index (χ2v) is 11.8. The van der Waals surface area contributed by atoms with Crippen molar-refractivity contribution in [2.45, 2.75) is 32.4 Å². The molecule has 1 aliphatic heterocycles. The smallest absolute Gasteiger partial charge is 0.288 e. The van der Waals surface area contributed by atoms with Gasteiger partial charge in [0.25, 0.3) is 8.32 Å². The van der Waals surface area contributed by atoms with Crippen LogP contribution in [-0.4, -0.2) is 39.0 Å². The molecule has 3 atom stereocenters. The van der Waals surface area contributed by atoms with Gasteiger partial charge in [-0.05, 0) is 41.9 Å². The maximum atomic E-state index is 7.38. The Morgan fingerprint density at radius 3 is 1.55 bits per heavy atom. The Labute approximate surface area is 176 Å². The van der Waals surface area contributed by atoms with E-state index in [1.54, 1.807) is 0 Å². The van der Waals surface area contributed by atoms with Crippen LogP contribution in [0.15, 0.2) is 91.0 Å².